The third-order valence-corrected chi connectivity index (χ3v) is 5.98. The molecule has 0 bridgehead atoms. The molecule has 0 saturated carbocycles. The lowest BCUT2D eigenvalue weighted by atomic mass is 9.93. The first-order valence-electron chi connectivity index (χ1n) is 10.8. The van der Waals surface area contributed by atoms with Crippen LogP contribution in [0.15, 0.2) is 71.2 Å². The predicted molar refractivity (Wildman–Crippen MR) is 132 cm³/mol. The molecular weight excluding hydrogens is 518 g/mol. The van der Waals surface area contributed by atoms with Crippen LogP contribution in [0.5, 0.6) is 23.0 Å². The highest BCUT2D eigenvalue weighted by molar-refractivity contribution is 9.10. The third kappa shape index (κ3) is 5.68. The molecule has 2 atom stereocenters. The average molecular weight is 542 g/mol. The summed E-state index contributed by atoms with van der Waals surface area (Å²) >= 11 is 3.46. The Balaban J connectivity index is 1.51. The van der Waals surface area contributed by atoms with Crippen LogP contribution in [0.4, 0.5) is 4.79 Å². The molecule has 182 valence electrons. The van der Waals surface area contributed by atoms with Crippen molar-refractivity contribution >= 4 is 27.8 Å². The first-order chi connectivity index (χ1) is 17.0. The van der Waals surface area contributed by atoms with E-state index in [2.05, 4.69) is 21.2 Å². The lowest BCUT2D eigenvalue weighted by Gasteiger charge is -2.32. The van der Waals surface area contributed by atoms with Gasteiger partial charge < -0.3 is 29.0 Å². The van der Waals surface area contributed by atoms with Crippen LogP contribution in [0.3, 0.4) is 0 Å². The van der Waals surface area contributed by atoms with E-state index >= 15 is 0 Å². The van der Waals surface area contributed by atoms with E-state index in [9.17, 15) is 9.59 Å². The zero-order valence-corrected chi connectivity index (χ0v) is 20.7. The number of nitrogens with one attached hydrogen (secondary N) is 1. The highest BCUT2D eigenvalue weighted by Crippen LogP contribution is 2.40. The molecule has 1 unspecified atom stereocenters. The van der Waals surface area contributed by atoms with Gasteiger partial charge in [0.25, 0.3) is 0 Å². The summed E-state index contributed by atoms with van der Waals surface area (Å²) in [5.41, 5.74) is 0.913. The Morgan fingerprint density at radius 3 is 2.51 bits per heavy atom. The van der Waals surface area contributed by atoms with Gasteiger partial charge in [-0.1, -0.05) is 24.3 Å². The largest absolute Gasteiger partial charge is 0.497 e. The molecule has 0 aromatic heterocycles. The van der Waals surface area contributed by atoms with Crippen LogP contribution in [0, 0.1) is 0 Å². The summed E-state index contributed by atoms with van der Waals surface area (Å²) in [6.45, 7) is 0.432. The monoisotopic (exact) mass is 541 g/mol. The minimum Gasteiger partial charge on any atom is -0.497 e. The second-order valence-electron chi connectivity index (χ2n) is 7.57. The Hall–Kier alpha value is -3.72. The number of ether oxygens (including phenoxy) is 5. The number of hydrogen-bond acceptors (Lipinski definition) is 7. The Morgan fingerprint density at radius 1 is 1.00 bits per heavy atom. The summed E-state index contributed by atoms with van der Waals surface area (Å²) in [6, 6.07) is 19.4. The first-order valence-corrected chi connectivity index (χ1v) is 11.6. The van der Waals surface area contributed by atoms with Crippen LogP contribution < -0.4 is 24.3 Å². The number of fused-ring (bicyclic) bond motifs is 1. The lowest BCUT2D eigenvalue weighted by Crippen LogP contribution is -2.42. The first kappa shape index (κ1) is 24.4. The van der Waals surface area contributed by atoms with Crippen molar-refractivity contribution in [2.75, 3.05) is 27.4 Å². The van der Waals surface area contributed by atoms with Gasteiger partial charge in [-0.25, -0.2) is 4.79 Å². The summed E-state index contributed by atoms with van der Waals surface area (Å²) in [6.07, 6.45) is -2.84. The third-order valence-electron chi connectivity index (χ3n) is 5.36. The second-order valence-corrected chi connectivity index (χ2v) is 8.43. The number of carbonyl (C=O) groups is 2. The van der Waals surface area contributed by atoms with Gasteiger partial charge in [0.15, 0.2) is 6.10 Å². The predicted octanol–water partition coefficient (Wildman–Crippen LogP) is 4.96. The topological polar surface area (TPSA) is 92.3 Å². The molecule has 0 radical (unpaired) electrons. The number of benzene rings is 3. The summed E-state index contributed by atoms with van der Waals surface area (Å²) in [5.74, 6) is 1.79. The van der Waals surface area contributed by atoms with E-state index < -0.39 is 24.1 Å². The normalized spacial score (nSPS) is 16.5. The Bertz CT molecular complexity index is 1200. The van der Waals surface area contributed by atoms with Crippen molar-refractivity contribution in [2.45, 2.75) is 12.2 Å². The fraction of sp³-hybridized carbons (Fsp3) is 0.231. The van der Waals surface area contributed by atoms with Gasteiger partial charge in [0.1, 0.15) is 29.6 Å². The van der Waals surface area contributed by atoms with Gasteiger partial charge in [-0.05, 0) is 64.0 Å². The lowest BCUT2D eigenvalue weighted by molar-refractivity contribution is 0.00885. The van der Waals surface area contributed by atoms with Crippen LogP contribution in [0.2, 0.25) is 0 Å². The maximum absolute atomic E-state index is 13.4. The minimum atomic E-state index is -1.22. The number of hydrogen-bond donors (Lipinski definition) is 1. The number of methoxy groups -OCH3 is 2. The van der Waals surface area contributed by atoms with E-state index in [-0.39, 0.29) is 18.7 Å². The molecular formula is C26H24BrNO7. The maximum atomic E-state index is 13.4. The molecule has 1 aliphatic heterocycles. The zero-order chi connectivity index (χ0) is 24.8. The van der Waals surface area contributed by atoms with Crippen molar-refractivity contribution in [2.24, 2.45) is 0 Å². The molecule has 9 heteroatoms. The van der Waals surface area contributed by atoms with Gasteiger partial charge in [0.05, 0.1) is 30.8 Å². The highest BCUT2D eigenvalue weighted by Gasteiger charge is 2.41. The molecule has 0 saturated heterocycles. The SMILES string of the molecule is COc1ccc2c(c1)C(=O)C(OC(=O)NCCOc1ccccc1)[C@H](c1ccc(OC)c(Br)c1)O2. The standard InChI is InChI=1S/C26H24BrNO7/c1-31-18-9-11-21-19(15-18)23(29)25(24(34-21)16-8-10-22(32-2)20(27)14-16)35-26(30)28-12-13-33-17-6-4-3-5-7-17/h3-11,14-15,24-25H,12-13H2,1-2H3,(H,28,30)/t24-,25?/m0/s1. The number of ketones is 1. The fourth-order valence-corrected chi connectivity index (χ4v) is 4.19. The molecule has 35 heavy (non-hydrogen) atoms. The maximum Gasteiger partial charge on any atom is 0.408 e. The number of Topliss-reactive ketones (excluding diaryl/α,β-unsaturated/α-hetero) is 1. The zero-order valence-electron chi connectivity index (χ0n) is 19.2. The van der Waals surface area contributed by atoms with Gasteiger partial charge in [-0.3, -0.25) is 4.79 Å². The second kappa shape index (κ2) is 11.1. The molecule has 0 fully saturated rings. The van der Waals surface area contributed by atoms with Crippen molar-refractivity contribution < 1.29 is 33.3 Å². The molecule has 8 nitrogen and oxygen atoms in total. The van der Waals surface area contributed by atoms with Crippen LogP contribution >= 0.6 is 15.9 Å². The van der Waals surface area contributed by atoms with E-state index in [4.69, 9.17) is 23.7 Å². The van der Waals surface area contributed by atoms with Crippen molar-refractivity contribution in [1.82, 2.24) is 5.32 Å². The highest BCUT2D eigenvalue weighted by atomic mass is 79.9. The van der Waals surface area contributed by atoms with Gasteiger partial charge >= 0.3 is 6.09 Å². The van der Waals surface area contributed by atoms with Crippen molar-refractivity contribution in [3.63, 3.8) is 0 Å². The van der Waals surface area contributed by atoms with Crippen LogP contribution in [-0.4, -0.2) is 45.4 Å². The van der Waals surface area contributed by atoms with Crippen molar-refractivity contribution in [3.05, 3.63) is 82.3 Å². The van der Waals surface area contributed by atoms with Crippen LogP contribution in [0.25, 0.3) is 0 Å². The number of para-hydroxylation sites is 1. The van der Waals surface area contributed by atoms with E-state index in [0.717, 1.165) is 0 Å². The molecule has 3 aromatic rings. The Kier molecular flexibility index (Phi) is 7.77. The Morgan fingerprint density at radius 2 is 1.80 bits per heavy atom. The van der Waals surface area contributed by atoms with E-state index in [1.807, 2.05) is 30.3 Å². The van der Waals surface area contributed by atoms with Gasteiger partial charge in [0, 0.05) is 0 Å². The number of halogens is 1. The summed E-state index contributed by atoms with van der Waals surface area (Å²) in [7, 11) is 3.06. The molecule has 4 rings (SSSR count). The molecule has 1 N–H and O–H groups in total. The summed E-state index contributed by atoms with van der Waals surface area (Å²) in [4.78, 5) is 26.0. The van der Waals surface area contributed by atoms with Gasteiger partial charge in [0.2, 0.25) is 11.9 Å². The molecule has 1 heterocycles. The summed E-state index contributed by atoms with van der Waals surface area (Å²) < 4.78 is 28.5. The fourth-order valence-electron chi connectivity index (χ4n) is 3.63. The van der Waals surface area contributed by atoms with Gasteiger partial charge in [-0.2, -0.15) is 0 Å². The molecule has 1 aliphatic rings. The smallest absolute Gasteiger partial charge is 0.408 e. The quantitative estimate of drug-likeness (QED) is 0.403. The van der Waals surface area contributed by atoms with Crippen LogP contribution in [0.1, 0.15) is 22.0 Å². The molecule has 3 aromatic carbocycles. The number of carbonyl (C=O) groups excluding carboxylic acids is 2. The molecule has 1 amide bonds. The van der Waals surface area contributed by atoms with Crippen molar-refractivity contribution in [1.29, 1.82) is 0 Å². The molecule has 0 aliphatic carbocycles. The average Bonchev–Trinajstić information content (AvgIpc) is 2.88. The molecule has 0 spiro atoms. The number of rotatable bonds is 8. The van der Waals surface area contributed by atoms with Crippen LogP contribution in [-0.2, 0) is 4.74 Å². The minimum absolute atomic E-state index is 0.193. The van der Waals surface area contributed by atoms with E-state index in [1.54, 1.807) is 43.5 Å². The van der Waals surface area contributed by atoms with Crippen molar-refractivity contribution in [3.8, 4) is 23.0 Å². The van der Waals surface area contributed by atoms with E-state index in [0.29, 0.717) is 33.0 Å². The number of alkyl carbamates (subject to hydrolysis) is 1. The van der Waals surface area contributed by atoms with Gasteiger partial charge in [-0.15, -0.1) is 0 Å². The van der Waals surface area contributed by atoms with E-state index in [1.165, 1.54) is 7.11 Å². The summed E-state index contributed by atoms with van der Waals surface area (Å²) in [5, 5.41) is 2.62. The number of amides is 1. The Labute approximate surface area is 211 Å².